The Labute approximate surface area is 165 Å². The van der Waals surface area contributed by atoms with Crippen LogP contribution in [0.3, 0.4) is 0 Å². The highest BCUT2D eigenvalue weighted by atomic mass is 127. The molecule has 5 nitrogen and oxygen atoms in total. The van der Waals surface area contributed by atoms with E-state index in [4.69, 9.17) is 4.52 Å². The summed E-state index contributed by atoms with van der Waals surface area (Å²) in [5, 5.41) is 6.44. The third-order valence-electron chi connectivity index (χ3n) is 3.34. The Morgan fingerprint density at radius 3 is 2.72 bits per heavy atom. The van der Waals surface area contributed by atoms with Crippen LogP contribution in [0.1, 0.15) is 12.3 Å². The number of benzene rings is 2. The smallest absolute Gasteiger partial charge is 0.227 e. The molecule has 1 aromatic heterocycles. The summed E-state index contributed by atoms with van der Waals surface area (Å²) in [7, 11) is 0. The molecule has 1 N–H and O–H groups in total. The van der Waals surface area contributed by atoms with Gasteiger partial charge in [-0.05, 0) is 52.9 Å². The van der Waals surface area contributed by atoms with Gasteiger partial charge in [-0.3, -0.25) is 4.79 Å². The first-order valence-electron chi connectivity index (χ1n) is 7.35. The van der Waals surface area contributed by atoms with E-state index in [1.54, 1.807) is 6.07 Å². The van der Waals surface area contributed by atoms with Crippen molar-refractivity contribution < 1.29 is 13.7 Å². The van der Waals surface area contributed by atoms with Crippen LogP contribution < -0.4 is 5.32 Å². The van der Waals surface area contributed by atoms with Gasteiger partial charge in [-0.15, -0.1) is 0 Å². The van der Waals surface area contributed by atoms with Crippen LogP contribution in [-0.4, -0.2) is 16.0 Å². The van der Waals surface area contributed by atoms with E-state index in [0.717, 1.165) is 9.13 Å². The van der Waals surface area contributed by atoms with Gasteiger partial charge >= 0.3 is 0 Å². The van der Waals surface area contributed by atoms with Crippen LogP contribution in [0.15, 0.2) is 51.5 Å². The highest BCUT2D eigenvalue weighted by molar-refractivity contribution is 14.1. The van der Waals surface area contributed by atoms with E-state index in [0.29, 0.717) is 16.2 Å². The lowest BCUT2D eigenvalue weighted by molar-refractivity contribution is -0.116. The fourth-order valence-corrected chi connectivity index (χ4v) is 2.79. The summed E-state index contributed by atoms with van der Waals surface area (Å²) in [4.78, 5) is 16.2. The molecule has 25 heavy (non-hydrogen) atoms. The maximum Gasteiger partial charge on any atom is 0.227 e. The van der Waals surface area contributed by atoms with E-state index in [1.807, 2.05) is 24.3 Å². The molecule has 1 amide bonds. The zero-order valence-electron chi connectivity index (χ0n) is 12.8. The molecular formula is C17H12BrFIN3O2. The summed E-state index contributed by atoms with van der Waals surface area (Å²) in [6.07, 6.45) is 0.394. The quantitative estimate of drug-likeness (QED) is 0.495. The number of halogens is 3. The third kappa shape index (κ3) is 4.85. The van der Waals surface area contributed by atoms with Crippen LogP contribution in [0.25, 0.3) is 11.4 Å². The second kappa shape index (κ2) is 8.05. The maximum atomic E-state index is 13.7. The number of hydrogen-bond acceptors (Lipinski definition) is 4. The van der Waals surface area contributed by atoms with Gasteiger partial charge in [0.2, 0.25) is 17.6 Å². The molecular weight excluding hydrogens is 504 g/mol. The summed E-state index contributed by atoms with van der Waals surface area (Å²) in [5.74, 6) is 0.0162. The van der Waals surface area contributed by atoms with Crippen LogP contribution in [0, 0.1) is 9.39 Å². The molecule has 0 spiro atoms. The van der Waals surface area contributed by atoms with E-state index >= 15 is 0 Å². The largest absolute Gasteiger partial charge is 0.339 e. The molecule has 3 rings (SSSR count). The molecule has 8 heteroatoms. The Morgan fingerprint density at radius 2 is 2.00 bits per heavy atom. The Kier molecular flexibility index (Phi) is 5.79. The number of anilines is 1. The second-order valence-electron chi connectivity index (χ2n) is 5.19. The Morgan fingerprint density at radius 1 is 1.24 bits per heavy atom. The van der Waals surface area contributed by atoms with Crippen molar-refractivity contribution in [2.45, 2.75) is 12.8 Å². The van der Waals surface area contributed by atoms with Crippen molar-refractivity contribution in [1.82, 2.24) is 10.1 Å². The molecule has 0 atom stereocenters. The monoisotopic (exact) mass is 515 g/mol. The SMILES string of the molecule is O=C(CCc1nc(-c2ccc(I)cc2)no1)Nc1ccc(Br)cc1F. The van der Waals surface area contributed by atoms with Crippen LogP contribution in [-0.2, 0) is 11.2 Å². The number of amides is 1. The predicted octanol–water partition coefficient (Wildman–Crippen LogP) is 4.81. The molecule has 3 aromatic rings. The first-order chi connectivity index (χ1) is 12.0. The lowest BCUT2D eigenvalue weighted by Crippen LogP contribution is -2.13. The molecule has 2 aromatic carbocycles. The Balaban J connectivity index is 1.58. The molecule has 0 aliphatic heterocycles. The van der Waals surface area contributed by atoms with E-state index < -0.39 is 5.82 Å². The lowest BCUT2D eigenvalue weighted by atomic mass is 10.2. The molecule has 0 bridgehead atoms. The van der Waals surface area contributed by atoms with Crippen molar-refractivity contribution in [3.8, 4) is 11.4 Å². The summed E-state index contributed by atoms with van der Waals surface area (Å²) >= 11 is 5.39. The standard InChI is InChI=1S/C17H12BrFIN3O2/c18-11-3-6-14(13(19)9-11)21-15(24)7-8-16-22-17(23-25-16)10-1-4-12(20)5-2-10/h1-6,9H,7-8H2,(H,21,24). The van der Waals surface area contributed by atoms with Crippen LogP contribution in [0.5, 0.6) is 0 Å². The Hall–Kier alpha value is -1.81. The summed E-state index contributed by atoms with van der Waals surface area (Å²) in [5.41, 5.74) is 0.982. The van der Waals surface area contributed by atoms with Crippen molar-refractivity contribution in [3.63, 3.8) is 0 Å². The molecule has 0 radical (unpaired) electrons. The molecule has 0 aliphatic rings. The molecule has 0 unspecified atom stereocenters. The van der Waals surface area contributed by atoms with Gasteiger partial charge in [-0.1, -0.05) is 33.2 Å². The summed E-state index contributed by atoms with van der Waals surface area (Å²) in [6.45, 7) is 0. The van der Waals surface area contributed by atoms with Gasteiger partial charge in [0, 0.05) is 26.4 Å². The average Bonchev–Trinajstić information content (AvgIpc) is 3.05. The van der Waals surface area contributed by atoms with Gasteiger partial charge in [0.15, 0.2) is 0 Å². The van der Waals surface area contributed by atoms with Gasteiger partial charge in [-0.25, -0.2) is 4.39 Å². The zero-order chi connectivity index (χ0) is 17.8. The van der Waals surface area contributed by atoms with Crippen LogP contribution in [0.2, 0.25) is 0 Å². The van der Waals surface area contributed by atoms with E-state index in [-0.39, 0.29) is 24.4 Å². The van der Waals surface area contributed by atoms with Crippen LogP contribution in [0.4, 0.5) is 10.1 Å². The fourth-order valence-electron chi connectivity index (χ4n) is 2.10. The molecule has 0 saturated carbocycles. The predicted molar refractivity (Wildman–Crippen MR) is 104 cm³/mol. The number of aryl methyl sites for hydroxylation is 1. The highest BCUT2D eigenvalue weighted by Crippen LogP contribution is 2.20. The minimum absolute atomic E-state index is 0.115. The van der Waals surface area contributed by atoms with Crippen molar-refractivity contribution >= 4 is 50.1 Å². The number of carbonyl (C=O) groups excluding carboxylic acids is 1. The van der Waals surface area contributed by atoms with Crippen molar-refractivity contribution in [3.05, 3.63) is 62.2 Å². The second-order valence-corrected chi connectivity index (χ2v) is 7.35. The number of hydrogen-bond donors (Lipinski definition) is 1. The van der Waals surface area contributed by atoms with E-state index in [9.17, 15) is 9.18 Å². The van der Waals surface area contributed by atoms with Crippen molar-refractivity contribution in [2.75, 3.05) is 5.32 Å². The number of rotatable bonds is 5. The van der Waals surface area contributed by atoms with Gasteiger partial charge in [0.25, 0.3) is 0 Å². The molecule has 0 saturated heterocycles. The first-order valence-corrected chi connectivity index (χ1v) is 9.22. The highest BCUT2D eigenvalue weighted by Gasteiger charge is 2.12. The van der Waals surface area contributed by atoms with Gasteiger partial charge < -0.3 is 9.84 Å². The lowest BCUT2D eigenvalue weighted by Gasteiger charge is -2.05. The van der Waals surface area contributed by atoms with Crippen molar-refractivity contribution in [1.29, 1.82) is 0 Å². The molecule has 1 heterocycles. The maximum absolute atomic E-state index is 13.7. The molecule has 128 valence electrons. The number of nitrogens with zero attached hydrogens (tertiary/aromatic N) is 2. The number of carbonyl (C=O) groups is 1. The molecule has 0 aliphatic carbocycles. The minimum Gasteiger partial charge on any atom is -0.339 e. The fraction of sp³-hybridized carbons (Fsp3) is 0.118. The third-order valence-corrected chi connectivity index (χ3v) is 4.55. The average molecular weight is 516 g/mol. The van der Waals surface area contributed by atoms with Gasteiger partial charge in [0.1, 0.15) is 5.82 Å². The summed E-state index contributed by atoms with van der Waals surface area (Å²) in [6, 6.07) is 12.2. The minimum atomic E-state index is -0.499. The van der Waals surface area contributed by atoms with Crippen LogP contribution >= 0.6 is 38.5 Å². The Bertz CT molecular complexity index is 899. The van der Waals surface area contributed by atoms with Gasteiger partial charge in [0.05, 0.1) is 5.69 Å². The number of aromatic nitrogens is 2. The van der Waals surface area contributed by atoms with Crippen molar-refractivity contribution in [2.24, 2.45) is 0 Å². The normalized spacial score (nSPS) is 10.7. The topological polar surface area (TPSA) is 68.0 Å². The van der Waals surface area contributed by atoms with Gasteiger partial charge in [-0.2, -0.15) is 4.98 Å². The molecule has 0 fully saturated rings. The zero-order valence-corrected chi connectivity index (χ0v) is 16.5. The summed E-state index contributed by atoms with van der Waals surface area (Å²) < 4.78 is 20.6. The van der Waals surface area contributed by atoms with E-state index in [1.165, 1.54) is 12.1 Å². The number of nitrogens with one attached hydrogen (secondary N) is 1. The first kappa shape index (κ1) is 18.0. The van der Waals surface area contributed by atoms with E-state index in [2.05, 4.69) is 54.0 Å².